The molecule has 116 valence electrons. The first-order chi connectivity index (χ1) is 11.0. The molecule has 0 saturated heterocycles. The normalized spacial score (nSPS) is 10.7. The average molecular weight is 315 g/mol. The van der Waals surface area contributed by atoms with Crippen molar-refractivity contribution in [1.29, 1.82) is 0 Å². The number of hydrogen-bond acceptors (Lipinski definition) is 5. The summed E-state index contributed by atoms with van der Waals surface area (Å²) in [4.78, 5) is 30.6. The number of carboxylic acid groups (broad SMARTS) is 1. The molecule has 0 unspecified atom stereocenters. The highest BCUT2D eigenvalue weighted by molar-refractivity contribution is 6.01. The molecule has 7 nitrogen and oxygen atoms in total. The van der Waals surface area contributed by atoms with Crippen LogP contribution in [-0.4, -0.2) is 27.0 Å². The van der Waals surface area contributed by atoms with Crippen molar-refractivity contribution in [3.63, 3.8) is 0 Å². The zero-order chi connectivity index (χ0) is 16.4. The Morgan fingerprint density at radius 3 is 2.78 bits per heavy atom. The molecule has 2 heterocycles. The van der Waals surface area contributed by atoms with Crippen LogP contribution < -0.4 is 5.32 Å². The maximum absolute atomic E-state index is 13.4. The van der Waals surface area contributed by atoms with Gasteiger partial charge in [-0.15, -0.1) is 0 Å². The van der Waals surface area contributed by atoms with Gasteiger partial charge in [0.1, 0.15) is 28.4 Å². The highest BCUT2D eigenvalue weighted by Gasteiger charge is 2.16. The van der Waals surface area contributed by atoms with Crippen molar-refractivity contribution < 1.29 is 23.5 Å². The third-order valence-corrected chi connectivity index (χ3v) is 3.08. The van der Waals surface area contributed by atoms with Gasteiger partial charge < -0.3 is 14.8 Å². The molecule has 0 aliphatic carbocycles. The summed E-state index contributed by atoms with van der Waals surface area (Å²) in [5, 5.41) is 11.9. The average Bonchev–Trinajstić information content (AvgIpc) is 2.95. The van der Waals surface area contributed by atoms with Gasteiger partial charge in [-0.1, -0.05) is 0 Å². The standard InChI is InChI=1S/C15H10FN3O4/c16-9-3-8-4-10(23-13(8)11(5-9)15(21)22)6-19-14(20)12-7-17-1-2-18-12/h1-5,7H,6H2,(H,19,20)(H,21,22). The van der Waals surface area contributed by atoms with E-state index in [0.717, 1.165) is 6.07 Å². The largest absolute Gasteiger partial charge is 0.478 e. The van der Waals surface area contributed by atoms with E-state index in [1.54, 1.807) is 0 Å². The molecule has 2 N–H and O–H groups in total. The van der Waals surface area contributed by atoms with E-state index in [2.05, 4.69) is 15.3 Å². The van der Waals surface area contributed by atoms with E-state index in [9.17, 15) is 14.0 Å². The molecule has 0 saturated carbocycles. The van der Waals surface area contributed by atoms with Crippen LogP contribution in [0.25, 0.3) is 11.0 Å². The SMILES string of the molecule is O=C(NCc1cc2cc(F)cc(C(=O)O)c2o1)c1cnccn1. The predicted octanol–water partition coefficient (Wildman–Crippen LogP) is 1.99. The summed E-state index contributed by atoms with van der Waals surface area (Å²) in [5.74, 6) is -2.13. The number of hydrogen-bond donors (Lipinski definition) is 2. The number of fused-ring (bicyclic) bond motifs is 1. The van der Waals surface area contributed by atoms with E-state index in [4.69, 9.17) is 9.52 Å². The zero-order valence-electron chi connectivity index (χ0n) is 11.6. The number of halogens is 1. The fraction of sp³-hybridized carbons (Fsp3) is 0.0667. The maximum atomic E-state index is 13.4. The number of carbonyl (C=O) groups is 2. The Kier molecular flexibility index (Phi) is 3.71. The van der Waals surface area contributed by atoms with Crippen LogP contribution in [0.2, 0.25) is 0 Å². The molecule has 0 radical (unpaired) electrons. The lowest BCUT2D eigenvalue weighted by atomic mass is 10.1. The third-order valence-electron chi connectivity index (χ3n) is 3.08. The molecular weight excluding hydrogens is 305 g/mol. The third kappa shape index (κ3) is 3.00. The number of benzene rings is 1. The summed E-state index contributed by atoms with van der Waals surface area (Å²) in [6.45, 7) is 0.00473. The predicted molar refractivity (Wildman–Crippen MR) is 76.3 cm³/mol. The first-order valence-corrected chi connectivity index (χ1v) is 6.54. The van der Waals surface area contributed by atoms with Gasteiger partial charge in [-0.3, -0.25) is 9.78 Å². The van der Waals surface area contributed by atoms with Gasteiger partial charge in [0, 0.05) is 17.8 Å². The fourth-order valence-corrected chi connectivity index (χ4v) is 2.09. The van der Waals surface area contributed by atoms with Crippen LogP contribution in [0.5, 0.6) is 0 Å². The lowest BCUT2D eigenvalue weighted by Gasteiger charge is -2.01. The summed E-state index contributed by atoms with van der Waals surface area (Å²) in [5.41, 5.74) is -0.0740. The number of aromatic nitrogens is 2. The van der Waals surface area contributed by atoms with Crippen LogP contribution in [0.15, 0.2) is 41.2 Å². The van der Waals surface area contributed by atoms with Gasteiger partial charge >= 0.3 is 5.97 Å². The first kappa shape index (κ1) is 14.6. The van der Waals surface area contributed by atoms with E-state index in [-0.39, 0.29) is 23.4 Å². The first-order valence-electron chi connectivity index (χ1n) is 6.54. The van der Waals surface area contributed by atoms with Gasteiger partial charge in [0.15, 0.2) is 0 Å². The molecule has 0 fully saturated rings. The number of carbonyl (C=O) groups excluding carboxylic acids is 1. The van der Waals surface area contributed by atoms with E-state index >= 15 is 0 Å². The molecule has 0 aliphatic rings. The minimum absolute atomic E-state index is 0.00473. The highest BCUT2D eigenvalue weighted by atomic mass is 19.1. The Morgan fingerprint density at radius 1 is 1.26 bits per heavy atom. The van der Waals surface area contributed by atoms with Gasteiger partial charge in [0.25, 0.3) is 5.91 Å². The number of nitrogens with zero attached hydrogens (tertiary/aromatic N) is 2. The fourth-order valence-electron chi connectivity index (χ4n) is 2.09. The molecule has 3 aromatic rings. The van der Waals surface area contributed by atoms with E-state index in [1.807, 2.05) is 0 Å². The Bertz CT molecular complexity index is 892. The van der Waals surface area contributed by atoms with Crippen molar-refractivity contribution in [2.24, 2.45) is 0 Å². The Morgan fingerprint density at radius 2 is 2.09 bits per heavy atom. The zero-order valence-corrected chi connectivity index (χ0v) is 11.6. The van der Waals surface area contributed by atoms with Gasteiger partial charge in [-0.2, -0.15) is 0 Å². The van der Waals surface area contributed by atoms with Crippen molar-refractivity contribution in [3.05, 3.63) is 59.6 Å². The summed E-state index contributed by atoms with van der Waals surface area (Å²) in [7, 11) is 0. The van der Waals surface area contributed by atoms with Gasteiger partial charge in [0.05, 0.1) is 12.7 Å². The second-order valence-electron chi connectivity index (χ2n) is 4.66. The molecule has 2 aromatic heterocycles. The maximum Gasteiger partial charge on any atom is 0.339 e. The Hall–Kier alpha value is -3.29. The number of rotatable bonds is 4. The van der Waals surface area contributed by atoms with Crippen molar-refractivity contribution in [2.75, 3.05) is 0 Å². The Labute approximate surface area is 128 Å². The van der Waals surface area contributed by atoms with Gasteiger partial charge in [-0.25, -0.2) is 14.2 Å². The number of amides is 1. The van der Waals surface area contributed by atoms with Crippen molar-refractivity contribution in [3.8, 4) is 0 Å². The van der Waals surface area contributed by atoms with Crippen LogP contribution in [0, 0.1) is 5.82 Å². The van der Waals surface area contributed by atoms with Gasteiger partial charge in [0.2, 0.25) is 0 Å². The van der Waals surface area contributed by atoms with Crippen molar-refractivity contribution in [1.82, 2.24) is 15.3 Å². The molecule has 0 bridgehead atoms. The minimum Gasteiger partial charge on any atom is -0.478 e. The molecule has 0 aliphatic heterocycles. The minimum atomic E-state index is -1.29. The number of furan rings is 1. The monoisotopic (exact) mass is 315 g/mol. The molecule has 1 amide bonds. The highest BCUT2D eigenvalue weighted by Crippen LogP contribution is 2.24. The second-order valence-corrected chi connectivity index (χ2v) is 4.66. The molecule has 1 aromatic carbocycles. The topological polar surface area (TPSA) is 105 Å². The van der Waals surface area contributed by atoms with Crippen LogP contribution >= 0.6 is 0 Å². The van der Waals surface area contributed by atoms with Crippen LogP contribution in [0.1, 0.15) is 26.6 Å². The van der Waals surface area contributed by atoms with Gasteiger partial charge in [-0.05, 0) is 18.2 Å². The molecular formula is C15H10FN3O4. The summed E-state index contributed by atoms with van der Waals surface area (Å²) in [6.07, 6.45) is 4.14. The van der Waals surface area contributed by atoms with Crippen LogP contribution in [0.4, 0.5) is 4.39 Å². The number of carboxylic acids is 1. The lowest BCUT2D eigenvalue weighted by molar-refractivity contribution is 0.0696. The summed E-state index contributed by atoms with van der Waals surface area (Å²) < 4.78 is 18.8. The molecule has 8 heteroatoms. The lowest BCUT2D eigenvalue weighted by Crippen LogP contribution is -2.23. The number of aromatic carboxylic acids is 1. The molecule has 0 atom stereocenters. The van der Waals surface area contributed by atoms with Crippen LogP contribution in [-0.2, 0) is 6.54 Å². The van der Waals surface area contributed by atoms with E-state index < -0.39 is 17.7 Å². The summed E-state index contributed by atoms with van der Waals surface area (Å²) >= 11 is 0. The molecule has 3 rings (SSSR count). The molecule has 23 heavy (non-hydrogen) atoms. The Balaban J connectivity index is 1.83. The second kappa shape index (κ2) is 5.84. The van der Waals surface area contributed by atoms with E-state index in [1.165, 1.54) is 30.7 Å². The van der Waals surface area contributed by atoms with Crippen LogP contribution in [0.3, 0.4) is 0 Å². The summed E-state index contributed by atoms with van der Waals surface area (Å²) in [6, 6.07) is 3.52. The van der Waals surface area contributed by atoms with Crippen molar-refractivity contribution in [2.45, 2.75) is 6.54 Å². The van der Waals surface area contributed by atoms with E-state index in [0.29, 0.717) is 11.1 Å². The van der Waals surface area contributed by atoms with Crippen molar-refractivity contribution >= 4 is 22.8 Å². The smallest absolute Gasteiger partial charge is 0.339 e. The number of nitrogens with one attached hydrogen (secondary N) is 1. The quantitative estimate of drug-likeness (QED) is 0.763. The molecule has 0 spiro atoms.